The molecule has 1 aliphatic rings. The molecule has 7 nitrogen and oxygen atoms in total. The minimum absolute atomic E-state index is 0.101. The number of benzene rings is 1. The van der Waals surface area contributed by atoms with Crippen molar-refractivity contribution in [1.82, 2.24) is 9.88 Å². The number of rotatable bonds is 8. The van der Waals surface area contributed by atoms with Crippen molar-refractivity contribution in [2.45, 2.75) is 46.5 Å². The van der Waals surface area contributed by atoms with E-state index in [1.54, 1.807) is 11.0 Å². The molecule has 8 heteroatoms. The van der Waals surface area contributed by atoms with E-state index in [0.717, 1.165) is 30.5 Å². The number of hydrogen-bond donors (Lipinski definition) is 0. The Morgan fingerprint density at radius 3 is 2.59 bits per heavy atom. The zero-order chi connectivity index (χ0) is 23.1. The van der Waals surface area contributed by atoms with Crippen LogP contribution in [0.4, 0.5) is 4.79 Å². The van der Waals surface area contributed by atoms with Crippen LogP contribution in [0.3, 0.4) is 0 Å². The van der Waals surface area contributed by atoms with E-state index in [1.807, 2.05) is 39.0 Å². The van der Waals surface area contributed by atoms with Gasteiger partial charge in [0, 0.05) is 19.5 Å². The van der Waals surface area contributed by atoms with E-state index >= 15 is 0 Å². The molecule has 1 atom stereocenters. The molecule has 0 saturated carbocycles. The molecule has 0 aliphatic carbocycles. The fourth-order valence-electron chi connectivity index (χ4n) is 4.16. The molecule has 0 radical (unpaired) electrons. The molecular formula is C24H31ClN2O5. The number of aryl methyl sites for hydroxylation is 1. The van der Waals surface area contributed by atoms with Crippen molar-refractivity contribution in [1.29, 1.82) is 0 Å². The van der Waals surface area contributed by atoms with Gasteiger partial charge in [0.15, 0.2) is 0 Å². The van der Waals surface area contributed by atoms with Crippen LogP contribution in [-0.4, -0.2) is 48.2 Å². The van der Waals surface area contributed by atoms with Crippen molar-refractivity contribution < 1.29 is 23.5 Å². The molecule has 1 fully saturated rings. The lowest BCUT2D eigenvalue weighted by Crippen LogP contribution is -2.42. The van der Waals surface area contributed by atoms with Crippen LogP contribution in [0.25, 0.3) is 11.5 Å². The predicted octanol–water partition coefficient (Wildman–Crippen LogP) is 5.28. The summed E-state index contributed by atoms with van der Waals surface area (Å²) in [4.78, 5) is 30.9. The second-order valence-corrected chi connectivity index (χ2v) is 8.36. The minimum Gasteiger partial charge on any atom is -0.466 e. The first kappa shape index (κ1) is 24.1. The molecule has 1 saturated heterocycles. The van der Waals surface area contributed by atoms with Crippen LogP contribution < -0.4 is 0 Å². The first-order valence-corrected chi connectivity index (χ1v) is 11.6. The van der Waals surface area contributed by atoms with Gasteiger partial charge in [-0.05, 0) is 51.2 Å². The lowest BCUT2D eigenvalue weighted by atomic mass is 9.83. The monoisotopic (exact) mass is 462 g/mol. The third-order valence-electron chi connectivity index (χ3n) is 5.96. The van der Waals surface area contributed by atoms with Crippen molar-refractivity contribution in [3.63, 3.8) is 0 Å². The molecule has 3 rings (SSSR count). The zero-order valence-corrected chi connectivity index (χ0v) is 19.7. The van der Waals surface area contributed by atoms with Gasteiger partial charge < -0.3 is 18.8 Å². The highest BCUT2D eigenvalue weighted by molar-refractivity contribution is 6.33. The maximum Gasteiger partial charge on any atom is 0.409 e. The molecular weight excluding hydrogens is 432 g/mol. The molecule has 2 aromatic rings. The summed E-state index contributed by atoms with van der Waals surface area (Å²) < 4.78 is 16.4. The van der Waals surface area contributed by atoms with E-state index < -0.39 is 0 Å². The third-order valence-corrected chi connectivity index (χ3v) is 6.29. The summed E-state index contributed by atoms with van der Waals surface area (Å²) >= 11 is 6.22. The smallest absolute Gasteiger partial charge is 0.409 e. The van der Waals surface area contributed by atoms with Crippen LogP contribution in [0.15, 0.2) is 28.7 Å². The zero-order valence-electron chi connectivity index (χ0n) is 18.9. The average Bonchev–Trinajstić information content (AvgIpc) is 3.15. The van der Waals surface area contributed by atoms with Crippen LogP contribution >= 0.6 is 11.6 Å². The summed E-state index contributed by atoms with van der Waals surface area (Å²) in [5.74, 6) is 1.15. The van der Waals surface area contributed by atoms with Gasteiger partial charge in [-0.15, -0.1) is 0 Å². The quantitative estimate of drug-likeness (QED) is 0.496. The molecule has 0 N–H and O–H groups in total. The molecule has 1 aromatic carbocycles. The number of amides is 1. The standard InChI is InChI=1S/C24H31ClN2O5/c1-4-18(23(28)30-5-2)17-10-13-27(14-11-17)24(29)31-15-12-21-16(3)32-22(26-21)19-8-6-7-9-20(19)25/h6-9,17-18H,4-5,10-15H2,1-3H3. The van der Waals surface area contributed by atoms with Gasteiger partial charge in [-0.25, -0.2) is 9.78 Å². The first-order chi connectivity index (χ1) is 15.4. The van der Waals surface area contributed by atoms with Crippen LogP contribution in [-0.2, 0) is 20.7 Å². The van der Waals surface area contributed by atoms with Gasteiger partial charge >= 0.3 is 12.1 Å². The van der Waals surface area contributed by atoms with Gasteiger partial charge in [-0.3, -0.25) is 4.79 Å². The summed E-state index contributed by atoms with van der Waals surface area (Å²) in [7, 11) is 0. The number of esters is 1. The number of carbonyl (C=O) groups excluding carboxylic acids is 2. The number of piperidine rings is 1. The summed E-state index contributed by atoms with van der Waals surface area (Å²) in [5, 5.41) is 0.573. The van der Waals surface area contributed by atoms with Gasteiger partial charge in [0.1, 0.15) is 5.76 Å². The summed E-state index contributed by atoms with van der Waals surface area (Å²) in [6, 6.07) is 7.37. The van der Waals surface area contributed by atoms with Crippen molar-refractivity contribution in [2.24, 2.45) is 11.8 Å². The highest BCUT2D eigenvalue weighted by atomic mass is 35.5. The Labute approximate surface area is 194 Å². The first-order valence-electron chi connectivity index (χ1n) is 11.2. The topological polar surface area (TPSA) is 81.9 Å². The molecule has 1 aliphatic heterocycles. The fraction of sp³-hybridized carbons (Fsp3) is 0.542. The lowest BCUT2D eigenvalue weighted by molar-refractivity contribution is -0.150. The van der Waals surface area contributed by atoms with Crippen molar-refractivity contribution in [3.8, 4) is 11.5 Å². The molecule has 1 aromatic heterocycles. The molecule has 1 amide bonds. The summed E-state index contributed by atoms with van der Waals surface area (Å²) in [5.41, 5.74) is 1.48. The van der Waals surface area contributed by atoms with Gasteiger partial charge in [0.2, 0.25) is 5.89 Å². The normalized spacial score (nSPS) is 15.4. The Balaban J connectivity index is 1.47. The highest BCUT2D eigenvalue weighted by Gasteiger charge is 2.32. The van der Waals surface area contributed by atoms with Crippen molar-refractivity contribution >= 4 is 23.7 Å². The maximum atomic E-state index is 12.5. The van der Waals surface area contributed by atoms with Crippen LogP contribution in [0.1, 0.15) is 44.6 Å². The van der Waals surface area contributed by atoms with E-state index in [-0.39, 0.29) is 30.5 Å². The van der Waals surface area contributed by atoms with Gasteiger partial charge in [-0.1, -0.05) is 30.7 Å². The Hall–Kier alpha value is -2.54. The van der Waals surface area contributed by atoms with Crippen molar-refractivity contribution in [3.05, 3.63) is 40.7 Å². The SMILES string of the molecule is CCOC(=O)C(CC)C1CCN(C(=O)OCCc2nc(-c3ccccc3Cl)oc2C)CC1. The van der Waals surface area contributed by atoms with Gasteiger partial charge in [0.05, 0.1) is 35.4 Å². The Morgan fingerprint density at radius 1 is 1.22 bits per heavy atom. The maximum absolute atomic E-state index is 12.5. The molecule has 1 unspecified atom stereocenters. The van der Waals surface area contributed by atoms with Gasteiger partial charge in [-0.2, -0.15) is 0 Å². The minimum atomic E-state index is -0.333. The third kappa shape index (κ3) is 5.82. The fourth-order valence-corrected chi connectivity index (χ4v) is 4.38. The molecule has 32 heavy (non-hydrogen) atoms. The van der Waals surface area contributed by atoms with Crippen molar-refractivity contribution in [2.75, 3.05) is 26.3 Å². The van der Waals surface area contributed by atoms with Crippen LogP contribution in [0.5, 0.6) is 0 Å². The summed E-state index contributed by atoms with van der Waals surface area (Å²) in [6.45, 7) is 7.44. The Morgan fingerprint density at radius 2 is 1.94 bits per heavy atom. The molecule has 2 heterocycles. The van der Waals surface area contributed by atoms with Crippen LogP contribution in [0.2, 0.25) is 5.02 Å². The van der Waals surface area contributed by atoms with E-state index in [2.05, 4.69) is 4.98 Å². The van der Waals surface area contributed by atoms with E-state index in [1.165, 1.54) is 0 Å². The number of aromatic nitrogens is 1. The molecule has 0 bridgehead atoms. The number of carbonyl (C=O) groups is 2. The van der Waals surface area contributed by atoms with E-state index in [9.17, 15) is 9.59 Å². The molecule has 174 valence electrons. The lowest BCUT2D eigenvalue weighted by Gasteiger charge is -2.34. The van der Waals surface area contributed by atoms with Crippen LogP contribution in [0, 0.1) is 18.8 Å². The average molecular weight is 463 g/mol. The second kappa shape index (κ2) is 11.4. The number of oxazole rings is 1. The predicted molar refractivity (Wildman–Crippen MR) is 121 cm³/mol. The number of ether oxygens (including phenoxy) is 2. The number of halogens is 1. The second-order valence-electron chi connectivity index (χ2n) is 7.96. The number of nitrogens with zero attached hydrogens (tertiary/aromatic N) is 2. The summed E-state index contributed by atoms with van der Waals surface area (Å²) in [6.07, 6.45) is 2.43. The van der Waals surface area contributed by atoms with E-state index in [4.69, 9.17) is 25.5 Å². The van der Waals surface area contributed by atoms with Gasteiger partial charge in [0.25, 0.3) is 0 Å². The highest BCUT2D eigenvalue weighted by Crippen LogP contribution is 2.30. The Kier molecular flexibility index (Phi) is 8.56. The molecule has 0 spiro atoms. The van der Waals surface area contributed by atoms with E-state index in [0.29, 0.717) is 42.8 Å². The number of likely N-dealkylation sites (tertiary alicyclic amines) is 1. The largest absolute Gasteiger partial charge is 0.466 e. The Bertz CT molecular complexity index is 921. The number of hydrogen-bond acceptors (Lipinski definition) is 6.